The zero-order valence-electron chi connectivity index (χ0n) is 23.5. The second-order valence-corrected chi connectivity index (χ2v) is 12.9. The monoisotopic (exact) mass is 633 g/mol. The van der Waals surface area contributed by atoms with Crippen molar-refractivity contribution in [3.8, 4) is 11.5 Å². The number of Topliss-reactive ketones (excluding diaryl/α,β-unsaturated/α-hetero) is 1. The van der Waals surface area contributed by atoms with Crippen LogP contribution in [0, 0.1) is 0 Å². The summed E-state index contributed by atoms with van der Waals surface area (Å²) in [5.74, 6) is 0.151. The first kappa shape index (κ1) is 29.2. The summed E-state index contributed by atoms with van der Waals surface area (Å²) in [6.07, 6.45) is 1.53. The van der Waals surface area contributed by atoms with Crippen molar-refractivity contribution < 1.29 is 24.2 Å². The zero-order chi connectivity index (χ0) is 30.1. The van der Waals surface area contributed by atoms with Crippen molar-refractivity contribution >= 4 is 57.3 Å². The highest BCUT2D eigenvalue weighted by atomic mass is 35.5. The smallest absolute Gasteiger partial charge is 0.301 e. The molecule has 4 aromatic rings. The number of benzene rings is 3. The molecule has 220 valence electrons. The molecule has 0 radical (unpaired) electrons. The van der Waals surface area contributed by atoms with Crippen LogP contribution in [0.5, 0.6) is 11.5 Å². The molecule has 1 fully saturated rings. The summed E-state index contributed by atoms with van der Waals surface area (Å²) in [7, 11) is 0. The highest BCUT2D eigenvalue weighted by Gasteiger charge is 2.48. The summed E-state index contributed by atoms with van der Waals surface area (Å²) in [4.78, 5) is 28.6. The minimum atomic E-state index is -0.935. The Morgan fingerprint density at radius 3 is 2.74 bits per heavy atom. The lowest BCUT2D eigenvalue weighted by molar-refractivity contribution is -0.132. The van der Waals surface area contributed by atoms with Gasteiger partial charge in [-0.3, -0.25) is 14.5 Å². The highest BCUT2D eigenvalue weighted by Crippen LogP contribution is 2.45. The van der Waals surface area contributed by atoms with Gasteiger partial charge in [0, 0.05) is 22.8 Å². The molecule has 1 saturated heterocycles. The first-order valence-corrected chi connectivity index (χ1v) is 16.0. The quantitative estimate of drug-likeness (QED) is 0.0678. The Bertz CT molecular complexity index is 1720. The van der Waals surface area contributed by atoms with E-state index in [9.17, 15) is 14.7 Å². The summed E-state index contributed by atoms with van der Waals surface area (Å²) < 4.78 is 12.3. The van der Waals surface area contributed by atoms with Crippen molar-refractivity contribution in [2.75, 3.05) is 11.5 Å². The van der Waals surface area contributed by atoms with Crippen LogP contribution in [0.1, 0.15) is 48.6 Å². The van der Waals surface area contributed by atoms with Gasteiger partial charge in [-0.1, -0.05) is 65.9 Å². The number of rotatable bonds is 9. The molecule has 2 aliphatic rings. The number of aliphatic hydroxyl groups is 1. The van der Waals surface area contributed by atoms with Crippen molar-refractivity contribution in [3.05, 3.63) is 99.6 Å². The Balaban J connectivity index is 1.39. The van der Waals surface area contributed by atoms with Crippen LogP contribution in [0.2, 0.25) is 5.02 Å². The maximum absolute atomic E-state index is 13.7. The van der Waals surface area contributed by atoms with Crippen LogP contribution >= 0.6 is 34.7 Å². The number of fused-ring (bicyclic) bond motifs is 1. The summed E-state index contributed by atoms with van der Waals surface area (Å²) in [5, 5.41) is 21.1. The number of thioether (sulfide) groups is 1. The Morgan fingerprint density at radius 1 is 1.14 bits per heavy atom. The van der Waals surface area contributed by atoms with Gasteiger partial charge in [0.25, 0.3) is 5.78 Å². The van der Waals surface area contributed by atoms with E-state index in [4.69, 9.17) is 21.1 Å². The van der Waals surface area contributed by atoms with Crippen LogP contribution in [0.25, 0.3) is 5.76 Å². The second kappa shape index (κ2) is 12.4. The van der Waals surface area contributed by atoms with Gasteiger partial charge in [-0.05, 0) is 72.5 Å². The van der Waals surface area contributed by atoms with E-state index in [0.29, 0.717) is 45.0 Å². The normalized spacial score (nSPS) is 19.0. The molecule has 2 atom stereocenters. The summed E-state index contributed by atoms with van der Waals surface area (Å²) in [6.45, 7) is 4.51. The van der Waals surface area contributed by atoms with E-state index >= 15 is 0 Å². The van der Waals surface area contributed by atoms with Crippen LogP contribution in [-0.4, -0.2) is 39.7 Å². The summed E-state index contributed by atoms with van der Waals surface area (Å²) >= 11 is 8.69. The van der Waals surface area contributed by atoms with Crippen molar-refractivity contribution in [2.24, 2.45) is 0 Å². The lowest BCUT2D eigenvalue weighted by atomic mass is 9.94. The second-order valence-electron chi connectivity index (χ2n) is 10.3. The van der Waals surface area contributed by atoms with E-state index < -0.39 is 17.7 Å². The number of amides is 1. The molecule has 2 aliphatic heterocycles. The fourth-order valence-electron chi connectivity index (χ4n) is 5.15. The molecular weight excluding hydrogens is 606 g/mol. The van der Waals surface area contributed by atoms with Crippen LogP contribution < -0.4 is 14.4 Å². The number of aliphatic hydroxyl groups excluding tert-OH is 1. The van der Waals surface area contributed by atoms with E-state index in [1.807, 2.05) is 62.4 Å². The molecule has 0 bridgehead atoms. The van der Waals surface area contributed by atoms with Gasteiger partial charge in [-0.2, -0.15) is 0 Å². The maximum atomic E-state index is 13.7. The molecule has 1 aromatic heterocycles. The SMILES string of the molecule is CCCOc1cccc([C@H]2/C(=C(\O)c3ccc4c(c3)C[C@@H](C)O4)C(=O)C(=O)N2c2nnc(SCc3ccc(Cl)cc3)s2)c1. The van der Waals surface area contributed by atoms with Crippen LogP contribution in [0.3, 0.4) is 0 Å². The Hall–Kier alpha value is -3.86. The number of nitrogens with zero attached hydrogens (tertiary/aromatic N) is 3. The van der Waals surface area contributed by atoms with E-state index in [1.165, 1.54) is 28.0 Å². The average molecular weight is 634 g/mol. The molecule has 3 heterocycles. The first-order chi connectivity index (χ1) is 20.8. The van der Waals surface area contributed by atoms with Gasteiger partial charge in [-0.15, -0.1) is 10.2 Å². The van der Waals surface area contributed by atoms with Crippen LogP contribution in [0.4, 0.5) is 5.13 Å². The van der Waals surface area contributed by atoms with Gasteiger partial charge >= 0.3 is 5.91 Å². The number of carbonyl (C=O) groups excluding carboxylic acids is 2. The third kappa shape index (κ3) is 6.00. The van der Waals surface area contributed by atoms with Gasteiger partial charge in [-0.25, -0.2) is 0 Å². The third-order valence-electron chi connectivity index (χ3n) is 7.14. The third-order valence-corrected chi connectivity index (χ3v) is 9.52. The fourth-order valence-corrected chi connectivity index (χ4v) is 7.10. The number of hydrogen-bond donors (Lipinski definition) is 1. The Labute approximate surface area is 262 Å². The van der Waals surface area contributed by atoms with Crippen molar-refractivity contribution in [1.82, 2.24) is 10.2 Å². The van der Waals surface area contributed by atoms with Gasteiger partial charge in [0.2, 0.25) is 5.13 Å². The van der Waals surface area contributed by atoms with Crippen LogP contribution in [0.15, 0.2) is 76.6 Å². The number of carbonyl (C=O) groups is 2. The van der Waals surface area contributed by atoms with E-state index in [-0.39, 0.29) is 22.6 Å². The lowest BCUT2D eigenvalue weighted by Gasteiger charge is -2.23. The fraction of sp³-hybridized carbons (Fsp3) is 0.250. The number of anilines is 1. The predicted molar refractivity (Wildman–Crippen MR) is 168 cm³/mol. The Kier molecular flexibility index (Phi) is 8.43. The van der Waals surface area contributed by atoms with Gasteiger partial charge in [0.1, 0.15) is 23.4 Å². The predicted octanol–water partition coefficient (Wildman–Crippen LogP) is 7.22. The van der Waals surface area contributed by atoms with Crippen LogP contribution in [-0.2, 0) is 21.8 Å². The topological polar surface area (TPSA) is 102 Å². The van der Waals surface area contributed by atoms with Crippen molar-refractivity contribution in [2.45, 2.75) is 48.9 Å². The van der Waals surface area contributed by atoms with Crippen molar-refractivity contribution in [3.63, 3.8) is 0 Å². The van der Waals surface area contributed by atoms with Gasteiger partial charge in [0.05, 0.1) is 18.2 Å². The Morgan fingerprint density at radius 2 is 1.95 bits per heavy atom. The molecule has 1 N–H and O–H groups in total. The average Bonchev–Trinajstić information content (AvgIpc) is 3.70. The minimum Gasteiger partial charge on any atom is -0.507 e. The molecule has 3 aromatic carbocycles. The first-order valence-electron chi connectivity index (χ1n) is 13.9. The largest absolute Gasteiger partial charge is 0.507 e. The number of ether oxygens (including phenoxy) is 2. The molecular formula is C32H28ClN3O5S2. The molecule has 0 spiro atoms. The van der Waals surface area contributed by atoms with E-state index in [2.05, 4.69) is 10.2 Å². The number of hydrogen-bond acceptors (Lipinski definition) is 9. The van der Waals surface area contributed by atoms with Gasteiger partial charge < -0.3 is 14.6 Å². The van der Waals surface area contributed by atoms with Crippen molar-refractivity contribution in [1.29, 1.82) is 0 Å². The minimum absolute atomic E-state index is 0.0184. The maximum Gasteiger partial charge on any atom is 0.301 e. The number of aromatic nitrogens is 2. The summed E-state index contributed by atoms with van der Waals surface area (Å²) in [6, 6.07) is 19.1. The molecule has 1 amide bonds. The molecule has 0 aliphatic carbocycles. The zero-order valence-corrected chi connectivity index (χ0v) is 25.8. The molecule has 11 heteroatoms. The summed E-state index contributed by atoms with van der Waals surface area (Å²) in [5.41, 5.74) is 3.02. The lowest BCUT2D eigenvalue weighted by Crippen LogP contribution is -2.29. The molecule has 43 heavy (non-hydrogen) atoms. The van der Waals surface area contributed by atoms with Gasteiger partial charge in [0.15, 0.2) is 4.34 Å². The molecule has 0 saturated carbocycles. The standard InChI is InChI=1S/C32H28ClN3O5S2/c1-3-13-40-24-6-4-5-20(16-24)27-26(28(37)21-9-12-25-22(15-21)14-18(2)41-25)29(38)30(39)36(27)31-34-35-32(43-31)42-17-19-7-10-23(33)11-8-19/h4-12,15-16,18,27,37H,3,13-14,17H2,1-2H3/b28-26+/t18-,27+/m1/s1. The van der Waals surface area contributed by atoms with E-state index in [0.717, 1.165) is 23.3 Å². The molecule has 6 rings (SSSR count). The highest BCUT2D eigenvalue weighted by molar-refractivity contribution is 8.00. The molecule has 0 unspecified atom stereocenters. The molecule has 8 nitrogen and oxygen atoms in total. The van der Waals surface area contributed by atoms with E-state index in [1.54, 1.807) is 18.2 Å². The number of halogens is 1. The number of ketones is 1.